The molecule has 10 nitrogen and oxygen atoms in total. The summed E-state index contributed by atoms with van der Waals surface area (Å²) in [5.41, 5.74) is 1.22. The van der Waals surface area contributed by atoms with Crippen molar-refractivity contribution in [2.24, 2.45) is 0 Å². The Morgan fingerprint density at radius 3 is 2.14 bits per heavy atom. The van der Waals surface area contributed by atoms with Crippen molar-refractivity contribution in [1.82, 2.24) is 9.80 Å². The Hall–Kier alpha value is -3.54. The Kier molecular flexibility index (Phi) is 9.34. The second-order valence-electron chi connectivity index (χ2n) is 8.19. The molecule has 2 aliphatic rings. The molecule has 2 aromatic rings. The van der Waals surface area contributed by atoms with Gasteiger partial charge in [-0.1, -0.05) is 42.5 Å². The first-order valence-corrected chi connectivity index (χ1v) is 13.0. The summed E-state index contributed by atoms with van der Waals surface area (Å²) in [5.74, 6) is -3.02. The maximum absolute atomic E-state index is 13.2. The smallest absolute Gasteiger partial charge is 0.328 e. The Balaban J connectivity index is 0.000000392. The van der Waals surface area contributed by atoms with Gasteiger partial charge in [0.05, 0.1) is 29.7 Å². The van der Waals surface area contributed by atoms with E-state index in [0.29, 0.717) is 31.8 Å². The third-order valence-electron chi connectivity index (χ3n) is 5.77. The van der Waals surface area contributed by atoms with E-state index < -0.39 is 21.8 Å². The highest BCUT2D eigenvalue weighted by Gasteiger charge is 2.38. The van der Waals surface area contributed by atoms with Crippen molar-refractivity contribution in [2.45, 2.75) is 17.4 Å². The van der Waals surface area contributed by atoms with Crippen molar-refractivity contribution in [1.29, 1.82) is 0 Å². The number of nitrogens with zero attached hydrogens (tertiary/aromatic N) is 2. The standard InChI is InChI=1S/C21H24N2O4S.C4H4O4/c24-21-18-8-4-5-9-20(18)28(25,26)16-23(21)19(17-6-2-1-3-7-17)10-11-22-12-14-27-15-13-22;5-3(6)1-2-4(7)8/h1-9,19H,10-16H2;1-2H,(H,5,6)(H,7,8). The van der Waals surface area contributed by atoms with Gasteiger partial charge in [0.2, 0.25) is 0 Å². The fourth-order valence-electron chi connectivity index (χ4n) is 4.06. The number of benzene rings is 2. The van der Waals surface area contributed by atoms with E-state index >= 15 is 0 Å². The van der Waals surface area contributed by atoms with Gasteiger partial charge in [-0.15, -0.1) is 0 Å². The Labute approximate surface area is 209 Å². The normalized spacial score (nSPS) is 18.1. The number of hydrogen-bond donors (Lipinski definition) is 2. The first-order valence-electron chi connectivity index (χ1n) is 11.3. The number of carbonyl (C=O) groups excluding carboxylic acids is 1. The molecule has 1 fully saturated rings. The third-order valence-corrected chi connectivity index (χ3v) is 7.42. The van der Waals surface area contributed by atoms with Crippen LogP contribution in [0.15, 0.2) is 71.6 Å². The molecule has 0 spiro atoms. The second kappa shape index (κ2) is 12.4. The number of rotatable bonds is 7. The Bertz CT molecular complexity index is 1190. The number of carboxylic acid groups (broad SMARTS) is 2. The quantitative estimate of drug-likeness (QED) is 0.529. The summed E-state index contributed by atoms with van der Waals surface area (Å²) in [6, 6.07) is 15.9. The van der Waals surface area contributed by atoms with Gasteiger partial charge in [0.25, 0.3) is 5.91 Å². The number of carboxylic acids is 2. The maximum Gasteiger partial charge on any atom is 0.328 e. The largest absolute Gasteiger partial charge is 0.478 e. The first kappa shape index (κ1) is 27.1. The molecule has 0 saturated carbocycles. The van der Waals surface area contributed by atoms with Gasteiger partial charge in [0.15, 0.2) is 9.84 Å². The van der Waals surface area contributed by atoms with Crippen molar-refractivity contribution in [3.05, 3.63) is 77.9 Å². The molecule has 0 aliphatic carbocycles. The maximum atomic E-state index is 13.2. The highest BCUT2D eigenvalue weighted by atomic mass is 32.2. The lowest BCUT2D eigenvalue weighted by molar-refractivity contribution is -0.134. The molecule has 2 aliphatic heterocycles. The SMILES string of the molecule is O=C(O)C=CC(=O)O.O=C1c2ccccc2S(=O)(=O)CN1C(CCN1CCOCC1)c1ccccc1. The van der Waals surface area contributed by atoms with Crippen LogP contribution >= 0.6 is 0 Å². The fourth-order valence-corrected chi connectivity index (χ4v) is 5.64. The topological polar surface area (TPSA) is 142 Å². The molecule has 2 heterocycles. The number of sulfone groups is 1. The molecular weight excluding hydrogens is 488 g/mol. The summed E-state index contributed by atoms with van der Waals surface area (Å²) in [4.78, 5) is 36.3. The van der Waals surface area contributed by atoms with E-state index in [1.165, 1.54) is 11.0 Å². The number of morpholine rings is 1. The summed E-state index contributed by atoms with van der Waals surface area (Å²) >= 11 is 0. The van der Waals surface area contributed by atoms with Crippen LogP contribution in [-0.4, -0.2) is 85.0 Å². The van der Waals surface area contributed by atoms with Crippen LogP contribution in [0.3, 0.4) is 0 Å². The minimum atomic E-state index is -3.55. The number of fused-ring (bicyclic) bond motifs is 1. The van der Waals surface area contributed by atoms with E-state index in [9.17, 15) is 22.8 Å². The number of ether oxygens (including phenoxy) is 1. The predicted molar refractivity (Wildman–Crippen MR) is 130 cm³/mol. The van der Waals surface area contributed by atoms with E-state index in [-0.39, 0.29) is 28.3 Å². The monoisotopic (exact) mass is 516 g/mol. The number of aliphatic carboxylic acids is 2. The van der Waals surface area contributed by atoms with Crippen LogP contribution in [0.25, 0.3) is 0 Å². The molecular formula is C25H28N2O8S. The van der Waals surface area contributed by atoms with Gasteiger partial charge in [-0.25, -0.2) is 18.0 Å². The van der Waals surface area contributed by atoms with Crippen molar-refractivity contribution < 1.29 is 37.8 Å². The average molecular weight is 517 g/mol. The summed E-state index contributed by atoms with van der Waals surface area (Å²) in [6.07, 6.45) is 1.79. The van der Waals surface area contributed by atoms with Crippen LogP contribution in [0.5, 0.6) is 0 Å². The lowest BCUT2D eigenvalue weighted by atomic mass is 10.0. The van der Waals surface area contributed by atoms with Gasteiger partial charge < -0.3 is 19.8 Å². The molecule has 192 valence electrons. The van der Waals surface area contributed by atoms with Gasteiger partial charge >= 0.3 is 11.9 Å². The zero-order valence-corrected chi connectivity index (χ0v) is 20.3. The van der Waals surface area contributed by atoms with Gasteiger partial charge in [-0.05, 0) is 24.1 Å². The number of amides is 1. The second-order valence-corrected chi connectivity index (χ2v) is 10.1. The number of hydrogen-bond acceptors (Lipinski definition) is 7. The molecule has 36 heavy (non-hydrogen) atoms. The van der Waals surface area contributed by atoms with Crippen LogP contribution in [0.1, 0.15) is 28.4 Å². The molecule has 0 radical (unpaired) electrons. The minimum Gasteiger partial charge on any atom is -0.478 e. The molecule has 1 saturated heterocycles. The zero-order chi connectivity index (χ0) is 26.1. The highest BCUT2D eigenvalue weighted by Crippen LogP contribution is 2.33. The Morgan fingerprint density at radius 1 is 0.944 bits per heavy atom. The molecule has 1 unspecified atom stereocenters. The molecule has 0 bridgehead atoms. The third kappa shape index (κ3) is 7.23. The summed E-state index contributed by atoms with van der Waals surface area (Å²) in [5, 5.41) is 15.6. The van der Waals surface area contributed by atoms with Gasteiger partial charge in [0, 0.05) is 31.8 Å². The molecule has 1 amide bonds. The molecule has 1 atom stereocenters. The highest BCUT2D eigenvalue weighted by molar-refractivity contribution is 7.91. The summed E-state index contributed by atoms with van der Waals surface area (Å²) in [6.45, 7) is 3.92. The molecule has 2 aromatic carbocycles. The van der Waals surface area contributed by atoms with Crippen LogP contribution in [0, 0.1) is 0 Å². The zero-order valence-electron chi connectivity index (χ0n) is 19.5. The average Bonchev–Trinajstić information content (AvgIpc) is 2.87. The van der Waals surface area contributed by atoms with Crippen LogP contribution in [0.4, 0.5) is 0 Å². The molecule has 4 rings (SSSR count). The van der Waals surface area contributed by atoms with Crippen molar-refractivity contribution >= 4 is 27.7 Å². The first-order chi connectivity index (χ1) is 17.2. The summed E-state index contributed by atoms with van der Waals surface area (Å²) in [7, 11) is -3.55. The van der Waals surface area contributed by atoms with E-state index in [1.54, 1.807) is 18.2 Å². The molecule has 11 heteroatoms. The number of carbonyl (C=O) groups is 3. The van der Waals surface area contributed by atoms with Gasteiger partial charge in [-0.3, -0.25) is 9.69 Å². The molecule has 0 aromatic heterocycles. The van der Waals surface area contributed by atoms with Crippen molar-refractivity contribution in [3.8, 4) is 0 Å². The van der Waals surface area contributed by atoms with Crippen LogP contribution in [-0.2, 0) is 24.2 Å². The molecule has 2 N–H and O–H groups in total. The van der Waals surface area contributed by atoms with Crippen LogP contribution in [0.2, 0.25) is 0 Å². The van der Waals surface area contributed by atoms with Crippen molar-refractivity contribution in [3.63, 3.8) is 0 Å². The lowest BCUT2D eigenvalue weighted by Gasteiger charge is -2.37. The predicted octanol–water partition coefficient (Wildman–Crippen LogP) is 2.05. The Morgan fingerprint density at radius 2 is 1.53 bits per heavy atom. The summed E-state index contributed by atoms with van der Waals surface area (Å²) < 4.78 is 31.1. The van der Waals surface area contributed by atoms with E-state index in [0.717, 1.165) is 25.2 Å². The minimum absolute atomic E-state index is 0.135. The van der Waals surface area contributed by atoms with E-state index in [4.69, 9.17) is 14.9 Å². The fraction of sp³-hybridized carbons (Fsp3) is 0.320. The van der Waals surface area contributed by atoms with Gasteiger partial charge in [0.1, 0.15) is 5.88 Å². The van der Waals surface area contributed by atoms with Crippen LogP contribution < -0.4 is 0 Å². The van der Waals surface area contributed by atoms with Crippen molar-refractivity contribution in [2.75, 3.05) is 38.7 Å². The van der Waals surface area contributed by atoms with E-state index in [2.05, 4.69) is 4.90 Å². The lowest BCUT2D eigenvalue weighted by Crippen LogP contribution is -2.45. The van der Waals surface area contributed by atoms with Gasteiger partial charge in [-0.2, -0.15) is 0 Å². The van der Waals surface area contributed by atoms with E-state index in [1.807, 2.05) is 30.3 Å².